The van der Waals surface area contributed by atoms with Crippen molar-refractivity contribution in [1.82, 2.24) is 15.2 Å². The molecule has 6 nitrogen and oxygen atoms in total. The van der Waals surface area contributed by atoms with Crippen LogP contribution in [0.1, 0.15) is 23.6 Å². The number of rotatable bonds is 8. The molecule has 0 amide bonds. The van der Waals surface area contributed by atoms with E-state index in [-0.39, 0.29) is 30.1 Å². The zero-order valence-corrected chi connectivity index (χ0v) is 18.2. The van der Waals surface area contributed by atoms with E-state index in [0.717, 1.165) is 62.1 Å². The van der Waals surface area contributed by atoms with Crippen molar-refractivity contribution in [3.63, 3.8) is 0 Å². The van der Waals surface area contributed by atoms with Crippen LogP contribution in [-0.4, -0.2) is 55.2 Å². The van der Waals surface area contributed by atoms with Gasteiger partial charge in [-0.05, 0) is 25.0 Å². The molecule has 1 fully saturated rings. The first kappa shape index (κ1) is 21.2. The molecule has 0 saturated carbocycles. The summed E-state index contributed by atoms with van der Waals surface area (Å²) in [6.07, 6.45) is 7.83. The molecular weight excluding hydrogens is 463 g/mol. The number of hydrogen-bond donors (Lipinski definition) is 1. The van der Waals surface area contributed by atoms with Crippen LogP contribution >= 0.6 is 35.3 Å². The number of furan rings is 1. The van der Waals surface area contributed by atoms with Crippen molar-refractivity contribution in [2.45, 2.75) is 31.8 Å². The van der Waals surface area contributed by atoms with Crippen molar-refractivity contribution < 1.29 is 9.15 Å². The number of nitrogens with zero attached hydrogens (tertiary/aromatic N) is 3. The smallest absolute Gasteiger partial charge is 0.193 e. The van der Waals surface area contributed by atoms with Crippen LogP contribution in [0.15, 0.2) is 39.4 Å². The average molecular weight is 490 g/mol. The van der Waals surface area contributed by atoms with Crippen molar-refractivity contribution in [2.75, 3.05) is 33.3 Å². The number of guanidine groups is 1. The summed E-state index contributed by atoms with van der Waals surface area (Å²) in [7, 11) is 2.07. The Morgan fingerprint density at radius 1 is 1.46 bits per heavy atom. The van der Waals surface area contributed by atoms with E-state index in [0.29, 0.717) is 6.54 Å². The highest BCUT2D eigenvalue weighted by molar-refractivity contribution is 14.0. The number of thiazole rings is 1. The van der Waals surface area contributed by atoms with E-state index >= 15 is 0 Å². The molecular formula is C18H27IN4O2S. The van der Waals surface area contributed by atoms with Gasteiger partial charge in [-0.1, -0.05) is 0 Å². The number of aliphatic imine (C=N–C) groups is 1. The normalized spacial score (nSPS) is 17.1. The first-order valence-electron chi connectivity index (χ1n) is 8.83. The van der Waals surface area contributed by atoms with E-state index < -0.39 is 0 Å². The van der Waals surface area contributed by atoms with Gasteiger partial charge in [0.25, 0.3) is 0 Å². The summed E-state index contributed by atoms with van der Waals surface area (Å²) in [5, 5.41) is 6.63. The largest absolute Gasteiger partial charge is 0.469 e. The second-order valence-electron chi connectivity index (χ2n) is 6.15. The molecule has 8 heteroatoms. The molecule has 1 N–H and O–H groups in total. The standard InChI is InChI=1S/C18H26N4O2S.HI/c1-22(10-7-17-19-9-13-25-17)18(21-14-16-5-3-12-24-16)20-8-6-15-4-2-11-23-15;/h2,4,9,11,13,16H,3,5-8,10,12,14H2,1H3,(H,20,21);1H. The predicted molar refractivity (Wildman–Crippen MR) is 116 cm³/mol. The Kier molecular flexibility index (Phi) is 9.41. The minimum atomic E-state index is 0. The lowest BCUT2D eigenvalue weighted by Crippen LogP contribution is -2.41. The van der Waals surface area contributed by atoms with Gasteiger partial charge in [0.15, 0.2) is 5.96 Å². The van der Waals surface area contributed by atoms with Crippen molar-refractivity contribution in [1.29, 1.82) is 0 Å². The fourth-order valence-corrected chi connectivity index (χ4v) is 3.40. The summed E-state index contributed by atoms with van der Waals surface area (Å²) in [5.74, 6) is 1.90. The molecule has 0 bridgehead atoms. The average Bonchev–Trinajstić information content (AvgIpc) is 3.39. The minimum Gasteiger partial charge on any atom is -0.469 e. The lowest BCUT2D eigenvalue weighted by atomic mass is 10.2. The van der Waals surface area contributed by atoms with E-state index in [2.05, 4.69) is 22.2 Å². The number of halogens is 1. The highest BCUT2D eigenvalue weighted by atomic mass is 127. The topological polar surface area (TPSA) is 62.9 Å². The Morgan fingerprint density at radius 2 is 2.38 bits per heavy atom. The molecule has 1 aliphatic rings. The van der Waals surface area contributed by atoms with E-state index in [1.54, 1.807) is 17.6 Å². The van der Waals surface area contributed by atoms with Gasteiger partial charge >= 0.3 is 0 Å². The number of hydrogen-bond acceptors (Lipinski definition) is 5. The molecule has 0 radical (unpaired) electrons. The van der Waals surface area contributed by atoms with E-state index in [1.165, 1.54) is 0 Å². The van der Waals surface area contributed by atoms with Gasteiger partial charge in [0.1, 0.15) is 5.76 Å². The molecule has 2 aromatic rings. The molecule has 144 valence electrons. The molecule has 0 aromatic carbocycles. The second kappa shape index (κ2) is 11.6. The van der Waals surface area contributed by atoms with Crippen molar-refractivity contribution in [3.05, 3.63) is 40.7 Å². The fourth-order valence-electron chi connectivity index (χ4n) is 2.79. The Bertz CT molecular complexity index is 628. The van der Waals surface area contributed by atoms with Gasteiger partial charge < -0.3 is 19.4 Å². The van der Waals surface area contributed by atoms with Crippen LogP contribution in [0.2, 0.25) is 0 Å². The van der Waals surface area contributed by atoms with Gasteiger partial charge in [-0.3, -0.25) is 4.99 Å². The van der Waals surface area contributed by atoms with Crippen LogP contribution in [-0.2, 0) is 17.6 Å². The molecule has 3 heterocycles. The van der Waals surface area contributed by atoms with Gasteiger partial charge in [-0.25, -0.2) is 4.98 Å². The highest BCUT2D eigenvalue weighted by Gasteiger charge is 2.16. The summed E-state index contributed by atoms with van der Waals surface area (Å²) >= 11 is 1.70. The molecule has 3 rings (SSSR count). The molecule has 0 aliphatic carbocycles. The third-order valence-electron chi connectivity index (χ3n) is 4.21. The molecule has 0 spiro atoms. The minimum absolute atomic E-state index is 0. The summed E-state index contributed by atoms with van der Waals surface area (Å²) in [4.78, 5) is 11.3. The Hall–Kier alpha value is -1.13. The van der Waals surface area contributed by atoms with Crippen molar-refractivity contribution in [2.24, 2.45) is 4.99 Å². The van der Waals surface area contributed by atoms with Gasteiger partial charge in [0.05, 0.1) is 23.9 Å². The lowest BCUT2D eigenvalue weighted by Gasteiger charge is -2.22. The van der Waals surface area contributed by atoms with Crippen LogP contribution in [0.5, 0.6) is 0 Å². The summed E-state index contributed by atoms with van der Waals surface area (Å²) < 4.78 is 11.1. The van der Waals surface area contributed by atoms with Gasteiger partial charge in [0.2, 0.25) is 0 Å². The first-order chi connectivity index (χ1) is 12.3. The Labute approximate surface area is 176 Å². The molecule has 1 atom stereocenters. The summed E-state index contributed by atoms with van der Waals surface area (Å²) in [5.41, 5.74) is 0. The highest BCUT2D eigenvalue weighted by Crippen LogP contribution is 2.12. The number of ether oxygens (including phenoxy) is 1. The zero-order valence-electron chi connectivity index (χ0n) is 15.1. The van der Waals surface area contributed by atoms with Crippen LogP contribution in [0, 0.1) is 0 Å². The summed E-state index contributed by atoms with van der Waals surface area (Å²) in [6, 6.07) is 3.92. The number of likely N-dealkylation sites (N-methyl/N-ethyl adjacent to an activating group) is 1. The fraction of sp³-hybridized carbons (Fsp3) is 0.556. The monoisotopic (exact) mass is 490 g/mol. The first-order valence-corrected chi connectivity index (χ1v) is 9.71. The molecule has 1 unspecified atom stereocenters. The second-order valence-corrected chi connectivity index (χ2v) is 7.13. The van der Waals surface area contributed by atoms with E-state index in [9.17, 15) is 0 Å². The van der Waals surface area contributed by atoms with Gasteiger partial charge in [-0.2, -0.15) is 0 Å². The van der Waals surface area contributed by atoms with Crippen molar-refractivity contribution in [3.8, 4) is 0 Å². The molecule has 26 heavy (non-hydrogen) atoms. The Morgan fingerprint density at radius 3 is 3.08 bits per heavy atom. The lowest BCUT2D eigenvalue weighted by molar-refractivity contribution is 0.117. The predicted octanol–water partition coefficient (Wildman–Crippen LogP) is 3.20. The van der Waals surface area contributed by atoms with Gasteiger partial charge in [0, 0.05) is 51.2 Å². The number of aromatic nitrogens is 1. The third-order valence-corrected chi connectivity index (χ3v) is 5.05. The zero-order chi connectivity index (χ0) is 17.3. The maximum Gasteiger partial charge on any atom is 0.193 e. The van der Waals surface area contributed by atoms with Crippen LogP contribution in [0.25, 0.3) is 0 Å². The molecule has 2 aromatic heterocycles. The SMILES string of the molecule is CN(CCc1nccs1)C(=NCC1CCCO1)NCCc1ccco1.I. The van der Waals surface area contributed by atoms with Crippen LogP contribution < -0.4 is 5.32 Å². The molecule has 1 saturated heterocycles. The maximum atomic E-state index is 5.69. The quantitative estimate of drug-likeness (QED) is 0.350. The Balaban J connectivity index is 0.00000243. The molecule has 1 aliphatic heterocycles. The van der Waals surface area contributed by atoms with Crippen LogP contribution in [0.3, 0.4) is 0 Å². The maximum absolute atomic E-state index is 5.69. The third kappa shape index (κ3) is 6.88. The summed E-state index contributed by atoms with van der Waals surface area (Å²) in [6.45, 7) is 3.25. The van der Waals surface area contributed by atoms with Crippen LogP contribution in [0.4, 0.5) is 0 Å². The van der Waals surface area contributed by atoms with E-state index in [1.807, 2.05) is 23.7 Å². The number of nitrogens with one attached hydrogen (secondary N) is 1. The van der Waals surface area contributed by atoms with E-state index in [4.69, 9.17) is 14.1 Å². The van der Waals surface area contributed by atoms with Gasteiger partial charge in [-0.15, -0.1) is 35.3 Å². The van der Waals surface area contributed by atoms with Crippen molar-refractivity contribution >= 4 is 41.3 Å².